The van der Waals surface area contributed by atoms with Gasteiger partial charge in [-0.1, -0.05) is 164 Å². The number of hydrogen-bond donors (Lipinski definition) is 1. The minimum absolute atomic E-state index is 0. The Kier molecular flexibility index (Phi) is 11.0. The van der Waals surface area contributed by atoms with Gasteiger partial charge in [-0.2, -0.15) is 0 Å². The quantitative estimate of drug-likeness (QED) is 0.147. The molecule has 0 bridgehead atoms. The van der Waals surface area contributed by atoms with Crippen molar-refractivity contribution in [3.63, 3.8) is 0 Å². The summed E-state index contributed by atoms with van der Waals surface area (Å²) in [5.41, 5.74) is 16.0. The van der Waals surface area contributed by atoms with Gasteiger partial charge in [0.05, 0.1) is 22.3 Å². The van der Waals surface area contributed by atoms with Crippen LogP contribution in [0.1, 0.15) is 38.3 Å². The van der Waals surface area contributed by atoms with Gasteiger partial charge in [0, 0.05) is 38.5 Å². The van der Waals surface area contributed by atoms with E-state index in [0.717, 1.165) is 78.9 Å². The van der Waals surface area contributed by atoms with Crippen LogP contribution in [0.5, 0.6) is 5.75 Å². The first-order valence-electron chi connectivity index (χ1n) is 19.9. The molecule has 9 aromatic rings. The Hall–Kier alpha value is -6.35. The fraction of sp³-hybridized carbons (Fsp3) is 0.111. The van der Waals surface area contributed by atoms with Gasteiger partial charge in [-0.25, -0.2) is 4.98 Å². The number of imidazole rings is 1. The van der Waals surface area contributed by atoms with Gasteiger partial charge in [0.1, 0.15) is 11.6 Å². The minimum atomic E-state index is -0.0153. The number of nitrogens with zero attached hydrogens (tertiary/aromatic N) is 3. The Labute approximate surface area is 361 Å². The second kappa shape index (κ2) is 16.5. The van der Waals surface area contributed by atoms with Crippen LogP contribution in [0, 0.1) is 13.0 Å². The van der Waals surface area contributed by atoms with Gasteiger partial charge in [0.15, 0.2) is 0 Å². The topological polar surface area (TPSA) is 50.9 Å². The first-order chi connectivity index (χ1) is 28.3. The van der Waals surface area contributed by atoms with E-state index in [2.05, 4.69) is 178 Å². The van der Waals surface area contributed by atoms with Crippen LogP contribution in [-0.2, 0) is 26.5 Å². The zero-order valence-electron chi connectivity index (χ0n) is 33.6. The molecule has 0 atom stereocenters. The molecule has 0 aliphatic rings. The normalized spacial score (nSPS) is 11.4. The summed E-state index contributed by atoms with van der Waals surface area (Å²) in [5.74, 6) is 0.831. The molecular weight excluding hydrogens is 902 g/mol. The Morgan fingerprint density at radius 3 is 1.98 bits per heavy atom. The SMILES string of the molecule is CCC(C)(C)c1ccc(-n2c(-c3ccccc3O)nc3c(-c4[c-]c(-c5cc(-c6ccc(C)cc6)ccn5)cc(-c5ccccc5)c4)cccc32)c(-c2ccccc2)c1.[Pt]. The number of para-hydroxylation sites is 2. The molecule has 0 aliphatic heterocycles. The molecule has 5 heteroatoms. The van der Waals surface area contributed by atoms with Crippen molar-refractivity contribution in [3.8, 4) is 78.6 Å². The Morgan fingerprint density at radius 2 is 1.25 bits per heavy atom. The van der Waals surface area contributed by atoms with Crippen LogP contribution in [0.4, 0.5) is 0 Å². The fourth-order valence-corrected chi connectivity index (χ4v) is 7.76. The van der Waals surface area contributed by atoms with E-state index < -0.39 is 0 Å². The molecule has 0 saturated heterocycles. The molecule has 0 radical (unpaired) electrons. The number of hydrogen-bond acceptors (Lipinski definition) is 3. The van der Waals surface area contributed by atoms with E-state index in [1.54, 1.807) is 6.07 Å². The van der Waals surface area contributed by atoms with E-state index in [1.807, 2.05) is 30.5 Å². The van der Waals surface area contributed by atoms with Crippen molar-refractivity contribution >= 4 is 11.0 Å². The van der Waals surface area contributed by atoms with Gasteiger partial charge in [-0.3, -0.25) is 9.55 Å². The maximum Gasteiger partial charge on any atom is 0.148 e. The third-order valence-electron chi connectivity index (χ3n) is 11.5. The maximum absolute atomic E-state index is 11.4. The molecule has 0 amide bonds. The number of pyridine rings is 1. The first-order valence-corrected chi connectivity index (χ1v) is 19.9. The van der Waals surface area contributed by atoms with Gasteiger partial charge in [0.2, 0.25) is 0 Å². The summed E-state index contributed by atoms with van der Waals surface area (Å²) in [5, 5.41) is 11.4. The number of aromatic hydroxyl groups is 1. The second-order valence-electron chi connectivity index (χ2n) is 15.7. The molecule has 1 N–H and O–H groups in total. The Bertz CT molecular complexity index is 2920. The maximum atomic E-state index is 11.4. The molecule has 7 aromatic carbocycles. The number of benzene rings is 7. The van der Waals surface area contributed by atoms with E-state index >= 15 is 0 Å². The number of phenolic OH excluding ortho intramolecular Hbond substituents is 1. The van der Waals surface area contributed by atoms with Crippen LogP contribution in [-0.4, -0.2) is 19.6 Å². The summed E-state index contributed by atoms with van der Waals surface area (Å²) < 4.78 is 2.22. The number of fused-ring (bicyclic) bond motifs is 1. The Balaban J connectivity index is 0.00000484. The van der Waals surface area contributed by atoms with Crippen molar-refractivity contribution in [2.24, 2.45) is 0 Å². The van der Waals surface area contributed by atoms with Crippen molar-refractivity contribution in [2.75, 3.05) is 0 Å². The van der Waals surface area contributed by atoms with E-state index in [-0.39, 0.29) is 32.2 Å². The van der Waals surface area contributed by atoms with Crippen LogP contribution in [0.3, 0.4) is 0 Å². The molecule has 0 fully saturated rings. The molecule has 9 rings (SSSR count). The molecular formula is C54H44N3OPt-. The monoisotopic (exact) mass is 945 g/mol. The predicted molar refractivity (Wildman–Crippen MR) is 240 cm³/mol. The van der Waals surface area contributed by atoms with Crippen molar-refractivity contribution in [2.45, 2.75) is 39.5 Å². The Morgan fingerprint density at radius 1 is 0.593 bits per heavy atom. The zero-order valence-corrected chi connectivity index (χ0v) is 35.8. The molecule has 4 nitrogen and oxygen atoms in total. The van der Waals surface area contributed by atoms with Crippen molar-refractivity contribution in [1.82, 2.24) is 14.5 Å². The van der Waals surface area contributed by atoms with Crippen LogP contribution < -0.4 is 0 Å². The van der Waals surface area contributed by atoms with Gasteiger partial charge >= 0.3 is 0 Å². The summed E-state index contributed by atoms with van der Waals surface area (Å²) in [6, 6.07) is 62.6. The standard InChI is InChI=1S/C54H44N3O.Pt/c1-5-54(3,4)44-27-28-49(47(35-44)39-17-10-7-11-18-39)57-50-21-14-20-45(52(50)56-53(57)46-19-12-13-22-51(46)58)42-31-41(37-15-8-6-9-16-37)32-43(33-42)48-34-40(29-30-55-48)38-25-23-36(2)24-26-38;/h6-32,34-35,58H,5H2,1-4H3;/q-1;. The minimum Gasteiger partial charge on any atom is -0.507 e. The van der Waals surface area contributed by atoms with E-state index in [0.29, 0.717) is 11.4 Å². The van der Waals surface area contributed by atoms with E-state index in [4.69, 9.17) is 9.97 Å². The largest absolute Gasteiger partial charge is 0.507 e. The summed E-state index contributed by atoms with van der Waals surface area (Å²) >= 11 is 0. The summed E-state index contributed by atoms with van der Waals surface area (Å²) in [4.78, 5) is 10.3. The summed E-state index contributed by atoms with van der Waals surface area (Å²) in [7, 11) is 0. The fourth-order valence-electron chi connectivity index (χ4n) is 7.76. The molecule has 2 aromatic heterocycles. The second-order valence-corrected chi connectivity index (χ2v) is 15.7. The van der Waals surface area contributed by atoms with Crippen LogP contribution in [0.2, 0.25) is 0 Å². The average molecular weight is 946 g/mol. The molecule has 2 heterocycles. The number of rotatable bonds is 9. The van der Waals surface area contributed by atoms with Crippen molar-refractivity contribution in [3.05, 3.63) is 193 Å². The van der Waals surface area contributed by atoms with Gasteiger partial charge in [0.25, 0.3) is 0 Å². The van der Waals surface area contributed by atoms with Crippen molar-refractivity contribution < 1.29 is 26.2 Å². The third-order valence-corrected chi connectivity index (χ3v) is 11.5. The van der Waals surface area contributed by atoms with Gasteiger partial charge < -0.3 is 5.11 Å². The number of phenols is 1. The molecule has 0 unspecified atom stereocenters. The number of aromatic nitrogens is 3. The molecule has 59 heavy (non-hydrogen) atoms. The zero-order chi connectivity index (χ0) is 39.8. The summed E-state index contributed by atoms with van der Waals surface area (Å²) in [6.45, 7) is 8.94. The summed E-state index contributed by atoms with van der Waals surface area (Å²) in [6.07, 6.45) is 2.89. The van der Waals surface area contributed by atoms with E-state index in [1.165, 1.54) is 11.1 Å². The predicted octanol–water partition coefficient (Wildman–Crippen LogP) is 13.9. The number of aryl methyl sites for hydroxylation is 1. The van der Waals surface area contributed by atoms with Crippen LogP contribution in [0.15, 0.2) is 176 Å². The third kappa shape index (κ3) is 7.69. The van der Waals surface area contributed by atoms with E-state index in [9.17, 15) is 5.11 Å². The first kappa shape index (κ1) is 39.5. The molecule has 0 aliphatic carbocycles. The van der Waals surface area contributed by atoms with Crippen molar-refractivity contribution in [1.29, 1.82) is 0 Å². The van der Waals surface area contributed by atoms with Crippen LogP contribution >= 0.6 is 0 Å². The molecule has 0 spiro atoms. The molecule has 292 valence electrons. The average Bonchev–Trinajstić information content (AvgIpc) is 3.66. The smallest absolute Gasteiger partial charge is 0.148 e. The van der Waals surface area contributed by atoms with Gasteiger partial charge in [-0.05, 0) is 83.0 Å². The van der Waals surface area contributed by atoms with Crippen LogP contribution in [0.25, 0.3) is 83.9 Å². The van der Waals surface area contributed by atoms with Gasteiger partial charge in [-0.15, -0.1) is 23.8 Å². The molecule has 0 saturated carbocycles.